The fraction of sp³-hybridized carbons (Fsp3) is 0.643. The van der Waals surface area contributed by atoms with Gasteiger partial charge in [-0.25, -0.2) is 0 Å². The average molecular weight is 252 g/mol. The van der Waals surface area contributed by atoms with Crippen LogP contribution in [0.25, 0.3) is 0 Å². The lowest BCUT2D eigenvalue weighted by Crippen LogP contribution is -2.46. The Kier molecular flexibility index (Phi) is 5.41. The second-order valence-corrected chi connectivity index (χ2v) is 5.11. The summed E-state index contributed by atoms with van der Waals surface area (Å²) in [7, 11) is 0. The summed E-state index contributed by atoms with van der Waals surface area (Å²) < 4.78 is 5.27. The number of amides is 1. The molecule has 18 heavy (non-hydrogen) atoms. The van der Waals surface area contributed by atoms with E-state index in [4.69, 9.17) is 10.2 Å². The lowest BCUT2D eigenvalue weighted by molar-refractivity contribution is -0.130. The number of nitrogens with two attached hydrogens (primary N) is 1. The highest BCUT2D eigenvalue weighted by Gasteiger charge is 2.30. The molecular weight excluding hydrogens is 228 g/mol. The molecule has 2 atom stereocenters. The number of rotatable bonds is 7. The minimum Gasteiger partial charge on any atom is -0.469 e. The molecule has 3 N–H and O–H groups in total. The van der Waals surface area contributed by atoms with Gasteiger partial charge in [0, 0.05) is 19.0 Å². The Morgan fingerprint density at radius 3 is 2.83 bits per heavy atom. The minimum atomic E-state index is -0.459. The Balaban J connectivity index is 2.39. The predicted molar refractivity (Wildman–Crippen MR) is 72.1 cm³/mol. The number of aryl methyl sites for hydroxylation is 1. The maximum Gasteiger partial charge on any atom is 0.227 e. The van der Waals surface area contributed by atoms with Gasteiger partial charge in [0.15, 0.2) is 0 Å². The first kappa shape index (κ1) is 14.8. The van der Waals surface area contributed by atoms with Gasteiger partial charge in [0.2, 0.25) is 5.91 Å². The van der Waals surface area contributed by atoms with Crippen LogP contribution in [0.15, 0.2) is 22.8 Å². The second kappa shape index (κ2) is 6.59. The average Bonchev–Trinajstić information content (AvgIpc) is 2.88. The third-order valence-electron chi connectivity index (χ3n) is 3.56. The number of carbonyl (C=O) groups excluding carboxylic acids is 1. The van der Waals surface area contributed by atoms with Gasteiger partial charge in [0.1, 0.15) is 5.76 Å². The topological polar surface area (TPSA) is 68.3 Å². The van der Waals surface area contributed by atoms with Crippen LogP contribution in [0.1, 0.15) is 39.4 Å². The normalized spacial score (nSPS) is 16.0. The van der Waals surface area contributed by atoms with Gasteiger partial charge < -0.3 is 15.5 Å². The molecule has 1 rings (SSSR count). The van der Waals surface area contributed by atoms with E-state index in [-0.39, 0.29) is 11.9 Å². The molecule has 0 bridgehead atoms. The van der Waals surface area contributed by atoms with E-state index in [1.165, 1.54) is 0 Å². The summed E-state index contributed by atoms with van der Waals surface area (Å²) in [6.45, 7) is 6.27. The van der Waals surface area contributed by atoms with Gasteiger partial charge in [-0.1, -0.05) is 6.92 Å². The zero-order chi connectivity index (χ0) is 13.6. The van der Waals surface area contributed by atoms with Crippen molar-refractivity contribution in [2.45, 2.75) is 46.1 Å². The summed E-state index contributed by atoms with van der Waals surface area (Å²) in [5, 5.41) is 3.02. The molecule has 4 nitrogen and oxygen atoms in total. The lowest BCUT2D eigenvalue weighted by atomic mass is 9.86. The molecule has 0 aliphatic heterocycles. The molecular formula is C14H24N2O2. The Morgan fingerprint density at radius 1 is 1.61 bits per heavy atom. The van der Waals surface area contributed by atoms with Crippen LogP contribution in [-0.2, 0) is 11.2 Å². The van der Waals surface area contributed by atoms with Crippen molar-refractivity contribution in [3.05, 3.63) is 24.2 Å². The van der Waals surface area contributed by atoms with Crippen LogP contribution in [0.2, 0.25) is 0 Å². The Morgan fingerprint density at radius 2 is 2.33 bits per heavy atom. The molecule has 1 aromatic heterocycles. The number of furan rings is 1. The van der Waals surface area contributed by atoms with Crippen molar-refractivity contribution >= 4 is 5.91 Å². The van der Waals surface area contributed by atoms with Crippen LogP contribution in [0.3, 0.4) is 0 Å². The minimum absolute atomic E-state index is 0.0412. The van der Waals surface area contributed by atoms with E-state index in [0.717, 1.165) is 25.0 Å². The molecule has 1 amide bonds. The van der Waals surface area contributed by atoms with Crippen LogP contribution >= 0.6 is 0 Å². The molecule has 1 heterocycles. The van der Waals surface area contributed by atoms with Crippen LogP contribution in [0.4, 0.5) is 0 Å². The summed E-state index contributed by atoms with van der Waals surface area (Å²) in [4.78, 5) is 12.1. The third-order valence-corrected chi connectivity index (χ3v) is 3.56. The van der Waals surface area contributed by atoms with Crippen molar-refractivity contribution in [3.63, 3.8) is 0 Å². The van der Waals surface area contributed by atoms with Crippen molar-refractivity contribution in [2.75, 3.05) is 6.54 Å². The van der Waals surface area contributed by atoms with Crippen LogP contribution in [0, 0.1) is 5.41 Å². The molecule has 1 aromatic rings. The molecule has 0 spiro atoms. The molecule has 4 heteroatoms. The Labute approximate surface area is 109 Å². The summed E-state index contributed by atoms with van der Waals surface area (Å²) in [5.74, 6) is 0.993. The summed E-state index contributed by atoms with van der Waals surface area (Å²) in [6.07, 6.45) is 4.12. The zero-order valence-corrected chi connectivity index (χ0v) is 11.5. The number of hydrogen-bond acceptors (Lipinski definition) is 3. The van der Waals surface area contributed by atoms with E-state index in [1.54, 1.807) is 6.26 Å². The molecule has 2 unspecified atom stereocenters. The zero-order valence-electron chi connectivity index (χ0n) is 11.5. The molecule has 0 fully saturated rings. The van der Waals surface area contributed by atoms with E-state index in [9.17, 15) is 4.79 Å². The molecule has 102 valence electrons. The Bertz CT molecular complexity index is 356. The van der Waals surface area contributed by atoms with Gasteiger partial charge in [-0.05, 0) is 38.8 Å². The predicted octanol–water partition coefficient (Wildman–Crippen LogP) is 2.09. The van der Waals surface area contributed by atoms with E-state index in [1.807, 2.05) is 32.9 Å². The lowest BCUT2D eigenvalue weighted by Gasteiger charge is -2.27. The van der Waals surface area contributed by atoms with Crippen LogP contribution < -0.4 is 11.1 Å². The van der Waals surface area contributed by atoms with Gasteiger partial charge in [-0.15, -0.1) is 0 Å². The van der Waals surface area contributed by atoms with Gasteiger partial charge in [-0.2, -0.15) is 0 Å². The van der Waals surface area contributed by atoms with E-state index in [0.29, 0.717) is 6.54 Å². The molecule has 0 saturated heterocycles. The van der Waals surface area contributed by atoms with Crippen molar-refractivity contribution in [3.8, 4) is 0 Å². The maximum absolute atomic E-state index is 12.1. The van der Waals surface area contributed by atoms with Crippen LogP contribution in [0.5, 0.6) is 0 Å². The second-order valence-electron chi connectivity index (χ2n) is 5.11. The van der Waals surface area contributed by atoms with Gasteiger partial charge >= 0.3 is 0 Å². The third kappa shape index (κ3) is 3.88. The fourth-order valence-corrected chi connectivity index (χ4v) is 1.68. The van der Waals surface area contributed by atoms with E-state index >= 15 is 0 Å². The molecule has 0 aromatic carbocycles. The van der Waals surface area contributed by atoms with Gasteiger partial charge in [0.25, 0.3) is 0 Å². The first-order valence-corrected chi connectivity index (χ1v) is 6.55. The molecule has 0 saturated carbocycles. The van der Waals surface area contributed by atoms with Gasteiger partial charge in [0.05, 0.1) is 11.7 Å². The van der Waals surface area contributed by atoms with Crippen molar-refractivity contribution in [1.82, 2.24) is 5.32 Å². The van der Waals surface area contributed by atoms with Crippen molar-refractivity contribution in [1.29, 1.82) is 0 Å². The fourth-order valence-electron chi connectivity index (χ4n) is 1.68. The first-order chi connectivity index (χ1) is 8.51. The highest BCUT2D eigenvalue weighted by atomic mass is 16.3. The SMILES string of the molecule is CCC(C)(CN)C(=O)NC(C)CCc1ccco1. The van der Waals surface area contributed by atoms with Crippen LogP contribution in [-0.4, -0.2) is 18.5 Å². The highest BCUT2D eigenvalue weighted by Crippen LogP contribution is 2.19. The molecule has 0 radical (unpaired) electrons. The number of carbonyl (C=O) groups is 1. The van der Waals surface area contributed by atoms with E-state index in [2.05, 4.69) is 5.32 Å². The smallest absolute Gasteiger partial charge is 0.227 e. The maximum atomic E-state index is 12.1. The molecule has 0 aliphatic carbocycles. The van der Waals surface area contributed by atoms with Gasteiger partial charge in [-0.3, -0.25) is 4.79 Å². The largest absolute Gasteiger partial charge is 0.469 e. The summed E-state index contributed by atoms with van der Waals surface area (Å²) >= 11 is 0. The van der Waals surface area contributed by atoms with Crippen molar-refractivity contribution in [2.24, 2.45) is 11.1 Å². The number of hydrogen-bond donors (Lipinski definition) is 2. The number of nitrogens with one attached hydrogen (secondary N) is 1. The molecule has 0 aliphatic rings. The van der Waals surface area contributed by atoms with E-state index < -0.39 is 5.41 Å². The summed E-state index contributed by atoms with van der Waals surface area (Å²) in [5.41, 5.74) is 5.21. The van der Waals surface area contributed by atoms with Crippen molar-refractivity contribution < 1.29 is 9.21 Å². The summed E-state index contributed by atoms with van der Waals surface area (Å²) in [6, 6.07) is 3.95. The monoisotopic (exact) mass is 252 g/mol. The quantitative estimate of drug-likeness (QED) is 0.780. The standard InChI is InChI=1S/C14H24N2O2/c1-4-14(3,10-15)13(17)16-11(2)7-8-12-6-5-9-18-12/h5-6,9,11H,4,7-8,10,15H2,1-3H3,(H,16,17). The highest BCUT2D eigenvalue weighted by molar-refractivity contribution is 5.82. The Hall–Kier alpha value is -1.29. The first-order valence-electron chi connectivity index (χ1n) is 6.55.